The van der Waals surface area contributed by atoms with Crippen molar-refractivity contribution in [3.63, 3.8) is 0 Å². The van der Waals surface area contributed by atoms with E-state index in [1.165, 1.54) is 22.3 Å². The first kappa shape index (κ1) is 23.0. The van der Waals surface area contributed by atoms with Gasteiger partial charge >= 0.3 is 0 Å². The average Bonchev–Trinajstić information content (AvgIpc) is 3.02. The predicted molar refractivity (Wildman–Crippen MR) is 137 cm³/mol. The topological polar surface area (TPSA) is 3.24 Å². The van der Waals surface area contributed by atoms with Gasteiger partial charge in [-0.15, -0.1) is 0 Å². The highest BCUT2D eigenvalue weighted by Crippen LogP contribution is 2.41. The summed E-state index contributed by atoms with van der Waals surface area (Å²) in [5.41, 5.74) is 8.78. The minimum Gasteiger partial charge on any atom is -0.303 e. The van der Waals surface area contributed by atoms with Crippen LogP contribution in [0.4, 0.5) is 8.78 Å². The minimum atomic E-state index is -0.226. The first-order chi connectivity index (χ1) is 16.6. The lowest BCUT2D eigenvalue weighted by Gasteiger charge is -2.39. The summed E-state index contributed by atoms with van der Waals surface area (Å²) in [6, 6.07) is 23.3. The van der Waals surface area contributed by atoms with E-state index in [-0.39, 0.29) is 12.5 Å². The van der Waals surface area contributed by atoms with Gasteiger partial charge in [0.2, 0.25) is 0 Å². The number of hydrogen-bond donors (Lipinski definition) is 0. The number of likely N-dealkylation sites (tertiary alicyclic amines) is 1. The first-order valence-electron chi connectivity index (χ1n) is 12.6. The van der Waals surface area contributed by atoms with Crippen molar-refractivity contribution in [2.75, 3.05) is 26.3 Å². The van der Waals surface area contributed by atoms with Crippen LogP contribution in [0.25, 0.3) is 11.1 Å². The Morgan fingerprint density at radius 2 is 1.65 bits per heavy atom. The summed E-state index contributed by atoms with van der Waals surface area (Å²) >= 11 is 0. The van der Waals surface area contributed by atoms with Gasteiger partial charge in [-0.05, 0) is 83.9 Å². The van der Waals surface area contributed by atoms with E-state index in [0.29, 0.717) is 17.9 Å². The van der Waals surface area contributed by atoms with Crippen molar-refractivity contribution < 1.29 is 8.78 Å². The van der Waals surface area contributed by atoms with E-state index in [0.717, 1.165) is 62.0 Å². The van der Waals surface area contributed by atoms with E-state index < -0.39 is 0 Å². The van der Waals surface area contributed by atoms with Gasteiger partial charge in [-0.2, -0.15) is 0 Å². The molecule has 5 rings (SSSR count). The van der Waals surface area contributed by atoms with Crippen molar-refractivity contribution in [3.05, 3.63) is 106 Å². The molecule has 0 bridgehead atoms. The van der Waals surface area contributed by atoms with Crippen LogP contribution in [-0.2, 0) is 12.8 Å². The number of allylic oxidation sites excluding steroid dienone is 1. The molecule has 0 aromatic heterocycles. The Hall–Kier alpha value is -2.78. The standard InChI is InChI=1S/C31H33F2N/c1-22-7-4-12-29(31(22)33)28-11-5-9-25-8-2-3-10-27(25)30(28)26-15-13-23(14-16-26)19-24-20-34(21-24)18-6-17-32/h2-4,7-8,10,12-16,24H,5-6,9,11,17-21H2,1H3. The fourth-order valence-corrected chi connectivity index (χ4v) is 5.62. The molecule has 3 heteroatoms. The van der Waals surface area contributed by atoms with Gasteiger partial charge in [-0.1, -0.05) is 66.7 Å². The molecule has 1 fully saturated rings. The van der Waals surface area contributed by atoms with Crippen LogP contribution in [0.3, 0.4) is 0 Å². The summed E-state index contributed by atoms with van der Waals surface area (Å²) in [7, 11) is 0. The lowest BCUT2D eigenvalue weighted by molar-refractivity contribution is 0.0968. The van der Waals surface area contributed by atoms with Gasteiger partial charge in [-0.3, -0.25) is 4.39 Å². The van der Waals surface area contributed by atoms with Gasteiger partial charge in [0.1, 0.15) is 5.82 Å². The molecule has 0 radical (unpaired) electrons. The summed E-state index contributed by atoms with van der Waals surface area (Å²) in [5.74, 6) is 0.550. The van der Waals surface area contributed by atoms with Crippen LogP contribution in [0.2, 0.25) is 0 Å². The molecule has 2 aliphatic rings. The molecule has 176 valence electrons. The molecule has 1 saturated heterocycles. The number of aryl methyl sites for hydroxylation is 2. The first-order valence-corrected chi connectivity index (χ1v) is 12.6. The molecular formula is C31H33F2N. The second kappa shape index (κ2) is 10.2. The zero-order valence-corrected chi connectivity index (χ0v) is 20.0. The molecule has 0 atom stereocenters. The van der Waals surface area contributed by atoms with E-state index in [1.54, 1.807) is 0 Å². The van der Waals surface area contributed by atoms with Crippen LogP contribution in [0, 0.1) is 18.7 Å². The van der Waals surface area contributed by atoms with Crippen LogP contribution in [-0.4, -0.2) is 31.2 Å². The molecule has 0 saturated carbocycles. The molecular weight excluding hydrogens is 424 g/mol. The number of hydrogen-bond acceptors (Lipinski definition) is 1. The van der Waals surface area contributed by atoms with Crippen molar-refractivity contribution in [1.29, 1.82) is 0 Å². The van der Waals surface area contributed by atoms with Crippen LogP contribution < -0.4 is 0 Å². The summed E-state index contributed by atoms with van der Waals surface area (Å²) in [4.78, 5) is 2.34. The highest BCUT2D eigenvalue weighted by molar-refractivity contribution is 6.00. The second-order valence-corrected chi connectivity index (χ2v) is 9.87. The molecule has 1 aliphatic carbocycles. The molecule has 34 heavy (non-hydrogen) atoms. The van der Waals surface area contributed by atoms with E-state index in [4.69, 9.17) is 0 Å². The highest BCUT2D eigenvalue weighted by Gasteiger charge is 2.26. The monoisotopic (exact) mass is 457 g/mol. The highest BCUT2D eigenvalue weighted by atomic mass is 19.1. The van der Waals surface area contributed by atoms with Crippen molar-refractivity contribution >= 4 is 11.1 Å². The van der Waals surface area contributed by atoms with Crippen LogP contribution in [0.1, 0.15) is 52.6 Å². The van der Waals surface area contributed by atoms with Gasteiger partial charge in [0.15, 0.2) is 0 Å². The number of benzene rings is 3. The van der Waals surface area contributed by atoms with Crippen LogP contribution in [0.15, 0.2) is 66.7 Å². The molecule has 0 spiro atoms. The number of rotatable bonds is 7. The van der Waals surface area contributed by atoms with Crippen molar-refractivity contribution in [2.45, 2.75) is 39.0 Å². The smallest absolute Gasteiger partial charge is 0.133 e. The predicted octanol–water partition coefficient (Wildman–Crippen LogP) is 7.26. The SMILES string of the molecule is Cc1cccc(C2=C(c3ccc(CC4CN(CCCF)C4)cc3)c3ccccc3CCC2)c1F. The average molecular weight is 458 g/mol. The molecule has 1 nitrogen and oxygen atoms in total. The normalized spacial score (nSPS) is 16.8. The van der Waals surface area contributed by atoms with E-state index in [1.807, 2.05) is 25.1 Å². The van der Waals surface area contributed by atoms with Gasteiger partial charge in [0.05, 0.1) is 6.67 Å². The molecule has 0 N–H and O–H groups in total. The molecule has 3 aromatic rings. The van der Waals surface area contributed by atoms with E-state index in [9.17, 15) is 4.39 Å². The zero-order chi connectivity index (χ0) is 23.5. The Bertz CT molecular complexity index is 1170. The third kappa shape index (κ3) is 4.72. The third-order valence-corrected chi connectivity index (χ3v) is 7.39. The second-order valence-electron chi connectivity index (χ2n) is 9.87. The Kier molecular flexibility index (Phi) is 6.92. The van der Waals surface area contributed by atoms with Crippen molar-refractivity contribution in [3.8, 4) is 0 Å². The fraction of sp³-hybridized carbons (Fsp3) is 0.355. The number of alkyl halides is 1. The van der Waals surface area contributed by atoms with Gasteiger partial charge in [0.25, 0.3) is 0 Å². The Morgan fingerprint density at radius 3 is 2.44 bits per heavy atom. The quantitative estimate of drug-likeness (QED) is 0.361. The lowest BCUT2D eigenvalue weighted by atomic mass is 9.86. The maximum Gasteiger partial charge on any atom is 0.133 e. The lowest BCUT2D eigenvalue weighted by Crippen LogP contribution is -2.47. The van der Waals surface area contributed by atoms with Crippen molar-refractivity contribution in [2.24, 2.45) is 5.92 Å². The van der Waals surface area contributed by atoms with Crippen LogP contribution in [0.5, 0.6) is 0 Å². The Labute approximate surface area is 202 Å². The number of halogens is 2. The summed E-state index contributed by atoms with van der Waals surface area (Å²) in [6.07, 6.45) is 4.59. The fourth-order valence-electron chi connectivity index (χ4n) is 5.62. The van der Waals surface area contributed by atoms with Crippen molar-refractivity contribution in [1.82, 2.24) is 4.90 Å². The summed E-state index contributed by atoms with van der Waals surface area (Å²) in [6.45, 7) is 4.62. The van der Waals surface area contributed by atoms with Gasteiger partial charge in [-0.25, -0.2) is 4.39 Å². The summed E-state index contributed by atoms with van der Waals surface area (Å²) < 4.78 is 27.7. The van der Waals surface area contributed by atoms with E-state index >= 15 is 4.39 Å². The Morgan fingerprint density at radius 1 is 0.882 bits per heavy atom. The summed E-state index contributed by atoms with van der Waals surface area (Å²) in [5, 5.41) is 0. The van der Waals surface area contributed by atoms with E-state index in [2.05, 4.69) is 53.4 Å². The van der Waals surface area contributed by atoms with Gasteiger partial charge < -0.3 is 4.90 Å². The Balaban J connectivity index is 1.47. The molecule has 1 heterocycles. The minimum absolute atomic E-state index is 0.103. The largest absolute Gasteiger partial charge is 0.303 e. The maximum atomic E-state index is 15.3. The molecule has 1 aliphatic heterocycles. The molecule has 0 unspecified atom stereocenters. The zero-order valence-electron chi connectivity index (χ0n) is 20.0. The maximum absolute atomic E-state index is 15.3. The number of nitrogens with zero attached hydrogens (tertiary/aromatic N) is 1. The number of fused-ring (bicyclic) bond motifs is 1. The molecule has 3 aromatic carbocycles. The van der Waals surface area contributed by atoms with Crippen LogP contribution >= 0.6 is 0 Å². The van der Waals surface area contributed by atoms with Gasteiger partial charge in [0, 0.05) is 25.2 Å². The third-order valence-electron chi connectivity index (χ3n) is 7.39. The molecule has 0 amide bonds.